The minimum Gasteiger partial charge on any atom is -0.361 e. The van der Waals surface area contributed by atoms with E-state index in [4.69, 9.17) is 0 Å². The summed E-state index contributed by atoms with van der Waals surface area (Å²) < 4.78 is 0. The average molecular weight is 387 g/mol. The van der Waals surface area contributed by atoms with Gasteiger partial charge in [0.1, 0.15) is 5.69 Å². The Kier molecular flexibility index (Phi) is 6.26. The zero-order valence-electron chi connectivity index (χ0n) is 15.0. The van der Waals surface area contributed by atoms with Gasteiger partial charge in [-0.15, -0.1) is 12.4 Å². The Morgan fingerprint density at radius 2 is 1.93 bits per heavy atom. The fourth-order valence-corrected chi connectivity index (χ4v) is 3.51. The number of rotatable bonds is 6. The molecular weight excluding hydrogens is 364 g/mol. The van der Waals surface area contributed by atoms with Crippen LogP contribution in [0.4, 0.5) is 5.82 Å². The summed E-state index contributed by atoms with van der Waals surface area (Å²) in [6, 6.07) is 8.30. The van der Waals surface area contributed by atoms with E-state index in [1.165, 1.54) is 0 Å². The van der Waals surface area contributed by atoms with Crippen molar-refractivity contribution < 1.29 is 4.79 Å². The van der Waals surface area contributed by atoms with Crippen molar-refractivity contribution in [2.45, 2.75) is 0 Å². The first-order chi connectivity index (χ1) is 12.9. The summed E-state index contributed by atoms with van der Waals surface area (Å²) >= 11 is 0. The smallest absolute Gasteiger partial charge is 0.207 e. The number of nitrogens with zero attached hydrogens (tertiary/aromatic N) is 4. The van der Waals surface area contributed by atoms with E-state index in [1.54, 1.807) is 12.4 Å². The van der Waals surface area contributed by atoms with Gasteiger partial charge in [-0.1, -0.05) is 12.1 Å². The quantitative estimate of drug-likeness (QED) is 0.500. The van der Waals surface area contributed by atoms with Crippen LogP contribution < -0.4 is 10.2 Å². The van der Waals surface area contributed by atoms with Gasteiger partial charge in [0, 0.05) is 74.3 Å². The van der Waals surface area contributed by atoms with Crippen molar-refractivity contribution in [3.05, 3.63) is 42.9 Å². The van der Waals surface area contributed by atoms with Gasteiger partial charge in [-0.3, -0.25) is 14.7 Å². The molecule has 0 spiro atoms. The highest BCUT2D eigenvalue weighted by Crippen LogP contribution is 2.32. The molecule has 8 heteroatoms. The van der Waals surface area contributed by atoms with Crippen LogP contribution in [0.5, 0.6) is 0 Å². The number of anilines is 1. The van der Waals surface area contributed by atoms with Gasteiger partial charge in [0.15, 0.2) is 5.82 Å². The minimum absolute atomic E-state index is 0. The minimum atomic E-state index is 0. The topological polar surface area (TPSA) is 77.2 Å². The molecule has 3 heterocycles. The third kappa shape index (κ3) is 4.04. The van der Waals surface area contributed by atoms with Crippen LogP contribution in [0.15, 0.2) is 42.9 Å². The lowest BCUT2D eigenvalue weighted by Crippen LogP contribution is -2.48. The number of benzene rings is 1. The first kappa shape index (κ1) is 19.1. The Hall–Kier alpha value is -2.64. The number of aromatic amines is 1. The zero-order chi connectivity index (χ0) is 17.8. The summed E-state index contributed by atoms with van der Waals surface area (Å²) in [5.41, 5.74) is 3.13. The molecule has 4 rings (SSSR count). The summed E-state index contributed by atoms with van der Waals surface area (Å²) in [6.07, 6.45) is 6.22. The van der Waals surface area contributed by atoms with E-state index in [1.807, 2.05) is 12.3 Å². The fourth-order valence-electron chi connectivity index (χ4n) is 3.51. The van der Waals surface area contributed by atoms with Gasteiger partial charge < -0.3 is 15.2 Å². The van der Waals surface area contributed by atoms with Crippen molar-refractivity contribution in [3.8, 4) is 11.3 Å². The van der Waals surface area contributed by atoms with Crippen LogP contribution in [0.3, 0.4) is 0 Å². The van der Waals surface area contributed by atoms with Gasteiger partial charge in [0.05, 0.1) is 0 Å². The Morgan fingerprint density at radius 1 is 1.11 bits per heavy atom. The first-order valence-electron chi connectivity index (χ1n) is 8.88. The maximum Gasteiger partial charge on any atom is 0.207 e. The van der Waals surface area contributed by atoms with Gasteiger partial charge in [-0.25, -0.2) is 4.98 Å². The molecule has 0 radical (unpaired) electrons. The molecule has 1 amide bonds. The molecule has 1 saturated heterocycles. The second-order valence-electron chi connectivity index (χ2n) is 6.37. The van der Waals surface area contributed by atoms with Gasteiger partial charge in [0.2, 0.25) is 6.41 Å². The van der Waals surface area contributed by atoms with Crippen molar-refractivity contribution in [2.24, 2.45) is 0 Å². The molecule has 1 fully saturated rings. The highest BCUT2D eigenvalue weighted by atomic mass is 35.5. The van der Waals surface area contributed by atoms with E-state index in [0.717, 1.165) is 67.1 Å². The van der Waals surface area contributed by atoms with Crippen molar-refractivity contribution in [2.75, 3.05) is 44.2 Å². The molecule has 0 bridgehead atoms. The summed E-state index contributed by atoms with van der Waals surface area (Å²) in [5, 5.41) is 3.88. The molecular formula is C19H23ClN6O. The van der Waals surface area contributed by atoms with E-state index in [0.29, 0.717) is 6.54 Å². The number of H-pyrrole nitrogens is 1. The number of carbonyl (C=O) groups excluding carboxylic acids is 1. The molecule has 2 N–H and O–H groups in total. The van der Waals surface area contributed by atoms with Crippen LogP contribution in [-0.4, -0.2) is 65.5 Å². The summed E-state index contributed by atoms with van der Waals surface area (Å²) in [7, 11) is 0. The normalized spacial score (nSPS) is 14.7. The average Bonchev–Trinajstić information content (AvgIpc) is 3.18. The number of amides is 1. The molecule has 1 aliphatic heterocycles. The monoisotopic (exact) mass is 386 g/mol. The predicted octanol–water partition coefficient (Wildman–Crippen LogP) is 1.91. The fraction of sp³-hybridized carbons (Fsp3) is 0.316. The lowest BCUT2D eigenvalue weighted by Gasteiger charge is -2.35. The van der Waals surface area contributed by atoms with Crippen LogP contribution in [-0.2, 0) is 4.79 Å². The Morgan fingerprint density at radius 3 is 2.74 bits per heavy atom. The summed E-state index contributed by atoms with van der Waals surface area (Å²) in [6.45, 7) is 5.26. The molecule has 27 heavy (non-hydrogen) atoms. The van der Waals surface area contributed by atoms with Gasteiger partial charge in [-0.2, -0.15) is 0 Å². The predicted molar refractivity (Wildman–Crippen MR) is 109 cm³/mol. The number of nitrogens with one attached hydrogen (secondary N) is 2. The molecule has 0 atom stereocenters. The Labute approximate surface area is 164 Å². The standard InChI is InChI=1S/C19H22N6O.ClH/c26-14-20-8-9-24-10-12-25(13-11-24)19-18(22-6-7-23-19)16-2-1-3-17-15(16)4-5-21-17;/h1-7,14,21H,8-13H2,(H,20,26);1H. The maximum atomic E-state index is 10.4. The number of halogens is 1. The Bertz CT molecular complexity index is 891. The van der Waals surface area contributed by atoms with Crippen LogP contribution in [0.25, 0.3) is 22.2 Å². The maximum absolute atomic E-state index is 10.4. The highest BCUT2D eigenvalue weighted by Gasteiger charge is 2.22. The molecule has 0 saturated carbocycles. The summed E-state index contributed by atoms with van der Waals surface area (Å²) in [4.78, 5) is 27.6. The number of hydrogen-bond acceptors (Lipinski definition) is 5. The zero-order valence-corrected chi connectivity index (χ0v) is 15.8. The molecule has 0 unspecified atom stereocenters. The van der Waals surface area contributed by atoms with Gasteiger partial charge >= 0.3 is 0 Å². The number of fused-ring (bicyclic) bond motifs is 1. The number of piperazine rings is 1. The second kappa shape index (κ2) is 8.83. The molecule has 3 aromatic rings. The van der Waals surface area contributed by atoms with Crippen LogP contribution >= 0.6 is 12.4 Å². The SMILES string of the molecule is Cl.O=CNCCN1CCN(c2nccnc2-c2cccc3[nH]ccc23)CC1. The third-order valence-electron chi connectivity index (χ3n) is 4.86. The number of aromatic nitrogens is 3. The summed E-state index contributed by atoms with van der Waals surface area (Å²) in [5.74, 6) is 0.937. The molecule has 2 aromatic heterocycles. The van der Waals surface area contributed by atoms with E-state index in [9.17, 15) is 4.79 Å². The van der Waals surface area contributed by atoms with Crippen LogP contribution in [0.2, 0.25) is 0 Å². The molecule has 1 aromatic carbocycles. The number of carbonyl (C=O) groups is 1. The van der Waals surface area contributed by atoms with Crippen molar-refractivity contribution in [3.63, 3.8) is 0 Å². The van der Waals surface area contributed by atoms with E-state index in [-0.39, 0.29) is 12.4 Å². The lowest BCUT2D eigenvalue weighted by atomic mass is 10.1. The lowest BCUT2D eigenvalue weighted by molar-refractivity contribution is -0.109. The van der Waals surface area contributed by atoms with Crippen molar-refractivity contribution in [1.82, 2.24) is 25.2 Å². The molecule has 1 aliphatic rings. The molecule has 0 aliphatic carbocycles. The Balaban J connectivity index is 0.00000210. The van der Waals surface area contributed by atoms with Gasteiger partial charge in [-0.05, 0) is 12.1 Å². The van der Waals surface area contributed by atoms with E-state index < -0.39 is 0 Å². The van der Waals surface area contributed by atoms with Crippen LogP contribution in [0.1, 0.15) is 0 Å². The first-order valence-corrected chi connectivity index (χ1v) is 8.88. The van der Waals surface area contributed by atoms with E-state index in [2.05, 4.69) is 48.3 Å². The van der Waals surface area contributed by atoms with Crippen molar-refractivity contribution in [1.29, 1.82) is 0 Å². The van der Waals surface area contributed by atoms with Gasteiger partial charge in [0.25, 0.3) is 0 Å². The molecule has 7 nitrogen and oxygen atoms in total. The second-order valence-corrected chi connectivity index (χ2v) is 6.37. The van der Waals surface area contributed by atoms with E-state index >= 15 is 0 Å². The van der Waals surface area contributed by atoms with Crippen molar-refractivity contribution >= 4 is 35.5 Å². The number of hydrogen-bond donors (Lipinski definition) is 2. The van der Waals surface area contributed by atoms with Crippen LogP contribution in [0, 0.1) is 0 Å². The highest BCUT2D eigenvalue weighted by molar-refractivity contribution is 5.96. The largest absolute Gasteiger partial charge is 0.361 e. The molecule has 142 valence electrons. The third-order valence-corrected chi connectivity index (χ3v) is 4.86.